The lowest BCUT2D eigenvalue weighted by atomic mass is 10.1. The SMILES string of the molecule is Cc1cccc(Oc2ccc(N)c3ccncc23)c1. The fraction of sp³-hybridized carbons (Fsp3) is 0.0625. The van der Waals surface area contributed by atoms with Gasteiger partial charge in [0.2, 0.25) is 0 Å². The Morgan fingerprint density at radius 2 is 1.95 bits per heavy atom. The minimum Gasteiger partial charge on any atom is -0.457 e. The second kappa shape index (κ2) is 4.61. The predicted octanol–water partition coefficient (Wildman–Crippen LogP) is 3.92. The summed E-state index contributed by atoms with van der Waals surface area (Å²) in [6.45, 7) is 2.04. The molecule has 0 bridgehead atoms. The van der Waals surface area contributed by atoms with Crippen molar-refractivity contribution in [1.29, 1.82) is 0 Å². The third kappa shape index (κ3) is 2.22. The molecule has 3 nitrogen and oxygen atoms in total. The van der Waals surface area contributed by atoms with Crippen molar-refractivity contribution < 1.29 is 4.74 Å². The Morgan fingerprint density at radius 3 is 2.79 bits per heavy atom. The van der Waals surface area contributed by atoms with Crippen LogP contribution >= 0.6 is 0 Å². The van der Waals surface area contributed by atoms with Crippen molar-refractivity contribution in [2.75, 3.05) is 5.73 Å². The van der Waals surface area contributed by atoms with E-state index in [2.05, 4.69) is 4.98 Å². The van der Waals surface area contributed by atoms with E-state index in [4.69, 9.17) is 10.5 Å². The van der Waals surface area contributed by atoms with Crippen molar-refractivity contribution in [3.63, 3.8) is 0 Å². The summed E-state index contributed by atoms with van der Waals surface area (Å²) in [6, 6.07) is 13.6. The molecule has 0 fully saturated rings. The number of pyridine rings is 1. The van der Waals surface area contributed by atoms with E-state index in [0.717, 1.165) is 33.5 Å². The number of hydrogen-bond acceptors (Lipinski definition) is 3. The monoisotopic (exact) mass is 250 g/mol. The quantitative estimate of drug-likeness (QED) is 0.701. The maximum absolute atomic E-state index is 5.96. The number of nitrogens with two attached hydrogens (primary N) is 1. The molecule has 2 aromatic carbocycles. The molecule has 0 spiro atoms. The van der Waals surface area contributed by atoms with Crippen LogP contribution in [0.1, 0.15) is 5.56 Å². The molecule has 94 valence electrons. The first-order valence-corrected chi connectivity index (χ1v) is 6.11. The van der Waals surface area contributed by atoms with Crippen LogP contribution in [0.25, 0.3) is 10.8 Å². The average molecular weight is 250 g/mol. The van der Waals surface area contributed by atoms with Gasteiger partial charge in [-0.25, -0.2) is 0 Å². The summed E-state index contributed by atoms with van der Waals surface area (Å²) in [7, 11) is 0. The van der Waals surface area contributed by atoms with Gasteiger partial charge in [-0.2, -0.15) is 0 Å². The molecule has 0 aliphatic carbocycles. The van der Waals surface area contributed by atoms with Crippen molar-refractivity contribution in [2.24, 2.45) is 0 Å². The van der Waals surface area contributed by atoms with Crippen molar-refractivity contribution in [2.45, 2.75) is 6.92 Å². The molecule has 0 saturated heterocycles. The third-order valence-electron chi connectivity index (χ3n) is 3.03. The first kappa shape index (κ1) is 11.5. The molecule has 0 aliphatic heterocycles. The zero-order valence-electron chi connectivity index (χ0n) is 10.6. The van der Waals surface area contributed by atoms with Gasteiger partial charge in [0.05, 0.1) is 0 Å². The van der Waals surface area contributed by atoms with Crippen molar-refractivity contribution in [1.82, 2.24) is 4.98 Å². The lowest BCUT2D eigenvalue weighted by Gasteiger charge is -2.10. The molecule has 0 unspecified atom stereocenters. The molecule has 0 saturated carbocycles. The van der Waals surface area contributed by atoms with Crippen LogP contribution in [0.2, 0.25) is 0 Å². The summed E-state index contributed by atoms with van der Waals surface area (Å²) in [5, 5.41) is 1.88. The zero-order valence-corrected chi connectivity index (χ0v) is 10.6. The Labute approximate surface area is 111 Å². The maximum atomic E-state index is 5.96. The lowest BCUT2D eigenvalue weighted by Crippen LogP contribution is -1.91. The van der Waals surface area contributed by atoms with Gasteiger partial charge in [-0.3, -0.25) is 4.98 Å². The van der Waals surface area contributed by atoms with Gasteiger partial charge in [0.1, 0.15) is 11.5 Å². The Bertz CT molecular complexity index is 738. The molecular weight excluding hydrogens is 236 g/mol. The maximum Gasteiger partial charge on any atom is 0.136 e. The van der Waals surface area contributed by atoms with E-state index in [0.29, 0.717) is 0 Å². The summed E-state index contributed by atoms with van der Waals surface area (Å²) in [4.78, 5) is 4.14. The van der Waals surface area contributed by atoms with E-state index in [1.165, 1.54) is 0 Å². The second-order valence-electron chi connectivity index (χ2n) is 4.49. The smallest absolute Gasteiger partial charge is 0.136 e. The average Bonchev–Trinajstić information content (AvgIpc) is 2.42. The van der Waals surface area contributed by atoms with E-state index < -0.39 is 0 Å². The number of nitrogen functional groups attached to an aromatic ring is 1. The molecule has 1 heterocycles. The molecule has 3 aromatic rings. The predicted molar refractivity (Wildman–Crippen MR) is 77.4 cm³/mol. The normalized spacial score (nSPS) is 10.6. The fourth-order valence-electron chi connectivity index (χ4n) is 2.08. The number of aromatic nitrogens is 1. The lowest BCUT2D eigenvalue weighted by molar-refractivity contribution is 0.488. The van der Waals surface area contributed by atoms with Crippen LogP contribution in [0, 0.1) is 6.92 Å². The first-order valence-electron chi connectivity index (χ1n) is 6.11. The second-order valence-corrected chi connectivity index (χ2v) is 4.49. The van der Waals surface area contributed by atoms with Gasteiger partial charge < -0.3 is 10.5 Å². The van der Waals surface area contributed by atoms with Gasteiger partial charge in [0.25, 0.3) is 0 Å². The Balaban J connectivity index is 2.09. The molecule has 0 radical (unpaired) electrons. The van der Waals surface area contributed by atoms with Crippen LogP contribution in [-0.4, -0.2) is 4.98 Å². The minimum atomic E-state index is 0.731. The fourth-order valence-corrected chi connectivity index (χ4v) is 2.08. The molecule has 0 amide bonds. The van der Waals surface area contributed by atoms with Gasteiger partial charge >= 0.3 is 0 Å². The van der Waals surface area contributed by atoms with Gasteiger partial charge in [-0.15, -0.1) is 0 Å². The number of aryl methyl sites for hydroxylation is 1. The number of nitrogens with zero attached hydrogens (tertiary/aromatic N) is 1. The summed E-state index contributed by atoms with van der Waals surface area (Å²) in [6.07, 6.45) is 3.51. The molecular formula is C16H14N2O. The van der Waals surface area contributed by atoms with Gasteiger partial charge in [-0.05, 0) is 42.8 Å². The molecule has 1 aromatic heterocycles. The highest BCUT2D eigenvalue weighted by atomic mass is 16.5. The standard InChI is InChI=1S/C16H14N2O/c1-11-3-2-4-12(9-11)19-16-6-5-15(17)13-7-8-18-10-14(13)16/h2-10H,17H2,1H3. The zero-order chi connectivity index (χ0) is 13.2. The summed E-state index contributed by atoms with van der Waals surface area (Å²) in [5.74, 6) is 1.58. The van der Waals surface area contributed by atoms with E-state index in [1.54, 1.807) is 12.4 Å². The molecule has 0 atom stereocenters. The van der Waals surface area contributed by atoms with E-state index in [-0.39, 0.29) is 0 Å². The van der Waals surface area contributed by atoms with E-state index >= 15 is 0 Å². The summed E-state index contributed by atoms with van der Waals surface area (Å²) in [5.41, 5.74) is 7.85. The minimum absolute atomic E-state index is 0.731. The molecule has 0 aliphatic rings. The summed E-state index contributed by atoms with van der Waals surface area (Å²) < 4.78 is 5.93. The Kier molecular flexibility index (Phi) is 2.80. The number of hydrogen-bond donors (Lipinski definition) is 1. The van der Waals surface area contributed by atoms with Crippen LogP contribution in [0.4, 0.5) is 5.69 Å². The summed E-state index contributed by atoms with van der Waals surface area (Å²) >= 11 is 0. The van der Waals surface area contributed by atoms with Crippen LogP contribution < -0.4 is 10.5 Å². The van der Waals surface area contributed by atoms with E-state index in [1.807, 2.05) is 49.4 Å². The topological polar surface area (TPSA) is 48.1 Å². The van der Waals surface area contributed by atoms with Crippen molar-refractivity contribution >= 4 is 16.5 Å². The van der Waals surface area contributed by atoms with Crippen LogP contribution in [0.5, 0.6) is 11.5 Å². The number of ether oxygens (including phenoxy) is 1. The molecule has 2 N–H and O–H groups in total. The highest BCUT2D eigenvalue weighted by molar-refractivity contribution is 5.96. The highest BCUT2D eigenvalue weighted by Crippen LogP contribution is 2.32. The number of fused-ring (bicyclic) bond motifs is 1. The van der Waals surface area contributed by atoms with Gasteiger partial charge in [0, 0.05) is 28.9 Å². The Hall–Kier alpha value is -2.55. The number of benzene rings is 2. The van der Waals surface area contributed by atoms with Crippen LogP contribution in [-0.2, 0) is 0 Å². The number of anilines is 1. The van der Waals surface area contributed by atoms with Crippen LogP contribution in [0.3, 0.4) is 0 Å². The molecule has 19 heavy (non-hydrogen) atoms. The third-order valence-corrected chi connectivity index (χ3v) is 3.03. The van der Waals surface area contributed by atoms with Gasteiger partial charge in [-0.1, -0.05) is 12.1 Å². The molecule has 3 rings (SSSR count). The Morgan fingerprint density at radius 1 is 1.05 bits per heavy atom. The van der Waals surface area contributed by atoms with Crippen molar-refractivity contribution in [3.05, 3.63) is 60.4 Å². The number of rotatable bonds is 2. The van der Waals surface area contributed by atoms with Crippen LogP contribution in [0.15, 0.2) is 54.9 Å². The highest BCUT2D eigenvalue weighted by Gasteiger charge is 2.06. The first-order chi connectivity index (χ1) is 9.24. The molecule has 3 heteroatoms. The van der Waals surface area contributed by atoms with Crippen molar-refractivity contribution in [3.8, 4) is 11.5 Å². The van der Waals surface area contributed by atoms with E-state index in [9.17, 15) is 0 Å². The largest absolute Gasteiger partial charge is 0.457 e. The van der Waals surface area contributed by atoms with Gasteiger partial charge in [0.15, 0.2) is 0 Å².